The van der Waals surface area contributed by atoms with E-state index in [0.29, 0.717) is 18.4 Å². The standard InChI is InChI=1S/C15H20BrN5/c1-10(2)11-5-4-6-12(7-11)19-15(17)18-8-14-13(16)9-21(3)20-14/h4-7,9-10H,8H2,1-3H3,(H3,17,18,19). The van der Waals surface area contributed by atoms with Crippen molar-refractivity contribution in [2.75, 3.05) is 5.32 Å². The third-order valence-corrected chi connectivity index (χ3v) is 3.74. The number of halogens is 1. The Morgan fingerprint density at radius 2 is 2.24 bits per heavy atom. The molecule has 0 aliphatic heterocycles. The van der Waals surface area contributed by atoms with Crippen molar-refractivity contribution in [2.24, 2.45) is 17.8 Å². The Balaban J connectivity index is 2.03. The number of benzene rings is 1. The van der Waals surface area contributed by atoms with Crippen molar-refractivity contribution in [3.05, 3.63) is 46.2 Å². The summed E-state index contributed by atoms with van der Waals surface area (Å²) in [6, 6.07) is 8.18. The van der Waals surface area contributed by atoms with Crippen molar-refractivity contribution in [1.82, 2.24) is 9.78 Å². The summed E-state index contributed by atoms with van der Waals surface area (Å²) in [5, 5.41) is 7.42. The largest absolute Gasteiger partial charge is 0.370 e. The number of guanidine groups is 1. The molecule has 6 heteroatoms. The lowest BCUT2D eigenvalue weighted by atomic mass is 10.0. The highest BCUT2D eigenvalue weighted by atomic mass is 79.9. The van der Waals surface area contributed by atoms with Gasteiger partial charge >= 0.3 is 0 Å². The van der Waals surface area contributed by atoms with Crippen LogP contribution in [0.15, 0.2) is 39.9 Å². The minimum Gasteiger partial charge on any atom is -0.370 e. The molecule has 112 valence electrons. The normalized spacial score (nSPS) is 12.0. The summed E-state index contributed by atoms with van der Waals surface area (Å²) in [7, 11) is 1.87. The molecule has 3 N–H and O–H groups in total. The highest BCUT2D eigenvalue weighted by Crippen LogP contribution is 2.18. The number of aryl methyl sites for hydroxylation is 1. The monoisotopic (exact) mass is 349 g/mol. The Morgan fingerprint density at radius 3 is 2.86 bits per heavy atom. The second-order valence-electron chi connectivity index (χ2n) is 5.20. The molecule has 2 rings (SSSR count). The molecule has 1 heterocycles. The maximum Gasteiger partial charge on any atom is 0.193 e. The van der Waals surface area contributed by atoms with Gasteiger partial charge in [-0.3, -0.25) is 4.68 Å². The van der Waals surface area contributed by atoms with Crippen LogP contribution in [0.25, 0.3) is 0 Å². The molecule has 1 aromatic heterocycles. The number of hydrogen-bond acceptors (Lipinski definition) is 2. The molecule has 1 aromatic carbocycles. The molecular weight excluding hydrogens is 330 g/mol. The Labute approximate surface area is 133 Å². The summed E-state index contributed by atoms with van der Waals surface area (Å²) >= 11 is 3.45. The van der Waals surface area contributed by atoms with Crippen molar-refractivity contribution in [2.45, 2.75) is 26.3 Å². The van der Waals surface area contributed by atoms with E-state index < -0.39 is 0 Å². The molecule has 0 aliphatic rings. The molecule has 0 amide bonds. The van der Waals surface area contributed by atoms with Crippen molar-refractivity contribution in [3.63, 3.8) is 0 Å². The van der Waals surface area contributed by atoms with E-state index in [-0.39, 0.29) is 0 Å². The van der Waals surface area contributed by atoms with Gasteiger partial charge < -0.3 is 11.1 Å². The van der Waals surface area contributed by atoms with Crippen LogP contribution in [0.2, 0.25) is 0 Å². The topological polar surface area (TPSA) is 68.2 Å². The van der Waals surface area contributed by atoms with Crippen LogP contribution >= 0.6 is 15.9 Å². The molecule has 0 fully saturated rings. The minimum absolute atomic E-state index is 0.383. The first-order chi connectivity index (χ1) is 9.95. The zero-order valence-corrected chi connectivity index (χ0v) is 14.1. The van der Waals surface area contributed by atoms with Crippen LogP contribution < -0.4 is 11.1 Å². The van der Waals surface area contributed by atoms with Gasteiger partial charge in [0, 0.05) is 18.9 Å². The SMILES string of the molecule is CC(C)c1cccc(NC(N)=NCc2nn(C)cc2Br)c1. The van der Waals surface area contributed by atoms with Gasteiger partial charge in [0.15, 0.2) is 5.96 Å². The number of hydrogen-bond donors (Lipinski definition) is 2. The fraction of sp³-hybridized carbons (Fsp3) is 0.333. The number of aromatic nitrogens is 2. The van der Waals surface area contributed by atoms with E-state index in [1.807, 2.05) is 25.4 Å². The van der Waals surface area contributed by atoms with Crippen LogP contribution in [-0.2, 0) is 13.6 Å². The Morgan fingerprint density at radius 1 is 1.48 bits per heavy atom. The third kappa shape index (κ3) is 4.32. The van der Waals surface area contributed by atoms with Crippen LogP contribution in [0.1, 0.15) is 31.0 Å². The summed E-state index contributed by atoms with van der Waals surface area (Å²) < 4.78 is 2.67. The lowest BCUT2D eigenvalue weighted by molar-refractivity contribution is 0.743. The summed E-state index contributed by atoms with van der Waals surface area (Å²) in [5.41, 5.74) is 9.00. The molecule has 0 radical (unpaired) electrons. The minimum atomic E-state index is 0.383. The Kier molecular flexibility index (Phi) is 5.01. The van der Waals surface area contributed by atoms with E-state index >= 15 is 0 Å². The van der Waals surface area contributed by atoms with E-state index in [1.165, 1.54) is 5.56 Å². The van der Waals surface area contributed by atoms with Gasteiger partial charge in [0.05, 0.1) is 16.7 Å². The molecule has 0 unspecified atom stereocenters. The van der Waals surface area contributed by atoms with Gasteiger partial charge in [-0.1, -0.05) is 26.0 Å². The maximum atomic E-state index is 5.93. The van der Waals surface area contributed by atoms with Gasteiger partial charge in [-0.05, 0) is 39.5 Å². The first-order valence-electron chi connectivity index (χ1n) is 6.80. The number of nitrogens with one attached hydrogen (secondary N) is 1. The highest BCUT2D eigenvalue weighted by Gasteiger charge is 2.05. The Hall–Kier alpha value is -1.82. The lowest BCUT2D eigenvalue weighted by Crippen LogP contribution is -2.22. The third-order valence-electron chi connectivity index (χ3n) is 3.08. The lowest BCUT2D eigenvalue weighted by Gasteiger charge is -2.09. The molecule has 0 atom stereocenters. The second kappa shape index (κ2) is 6.76. The molecule has 0 saturated carbocycles. The summed E-state index contributed by atoms with van der Waals surface area (Å²) in [4.78, 5) is 4.32. The van der Waals surface area contributed by atoms with E-state index in [1.54, 1.807) is 4.68 Å². The molecule has 0 aliphatic carbocycles. The first kappa shape index (κ1) is 15.6. The maximum absolute atomic E-state index is 5.93. The van der Waals surface area contributed by atoms with Crippen molar-refractivity contribution in [3.8, 4) is 0 Å². The molecule has 0 spiro atoms. The average molecular weight is 350 g/mol. The highest BCUT2D eigenvalue weighted by molar-refractivity contribution is 9.10. The van der Waals surface area contributed by atoms with E-state index in [4.69, 9.17) is 5.73 Å². The van der Waals surface area contributed by atoms with Crippen LogP contribution in [0.4, 0.5) is 5.69 Å². The molecule has 2 aromatic rings. The second-order valence-corrected chi connectivity index (χ2v) is 6.06. The van der Waals surface area contributed by atoms with Crippen LogP contribution in [-0.4, -0.2) is 15.7 Å². The zero-order chi connectivity index (χ0) is 15.4. The van der Waals surface area contributed by atoms with Crippen LogP contribution in [0.5, 0.6) is 0 Å². The number of nitrogens with two attached hydrogens (primary N) is 1. The zero-order valence-electron chi connectivity index (χ0n) is 12.5. The molecule has 0 saturated heterocycles. The summed E-state index contributed by atoms with van der Waals surface area (Å²) in [5.74, 6) is 0.864. The number of nitrogens with zero attached hydrogens (tertiary/aromatic N) is 3. The van der Waals surface area contributed by atoms with Gasteiger partial charge in [-0.15, -0.1) is 0 Å². The number of anilines is 1. The summed E-state index contributed by atoms with van der Waals surface area (Å²) in [6.45, 7) is 4.76. The molecular formula is C15H20BrN5. The quantitative estimate of drug-likeness (QED) is 0.657. The molecule has 0 bridgehead atoms. The van der Waals surface area contributed by atoms with Crippen LogP contribution in [0.3, 0.4) is 0 Å². The molecule has 5 nitrogen and oxygen atoms in total. The average Bonchev–Trinajstić information content (AvgIpc) is 2.75. The van der Waals surface area contributed by atoms with Crippen molar-refractivity contribution in [1.29, 1.82) is 0 Å². The van der Waals surface area contributed by atoms with Gasteiger partial charge in [0.1, 0.15) is 0 Å². The van der Waals surface area contributed by atoms with Gasteiger partial charge in [-0.2, -0.15) is 5.10 Å². The Bertz CT molecular complexity index is 645. The van der Waals surface area contributed by atoms with E-state index in [2.05, 4.69) is 57.3 Å². The fourth-order valence-corrected chi connectivity index (χ4v) is 2.44. The van der Waals surface area contributed by atoms with Crippen molar-refractivity contribution >= 4 is 27.6 Å². The van der Waals surface area contributed by atoms with Gasteiger partial charge in [0.2, 0.25) is 0 Å². The number of rotatable bonds is 4. The predicted molar refractivity (Wildman–Crippen MR) is 90.4 cm³/mol. The van der Waals surface area contributed by atoms with Gasteiger partial charge in [0.25, 0.3) is 0 Å². The van der Waals surface area contributed by atoms with E-state index in [9.17, 15) is 0 Å². The van der Waals surface area contributed by atoms with Crippen LogP contribution in [0, 0.1) is 0 Å². The molecule has 21 heavy (non-hydrogen) atoms. The first-order valence-corrected chi connectivity index (χ1v) is 7.60. The fourth-order valence-electron chi connectivity index (χ4n) is 1.94. The summed E-state index contributed by atoms with van der Waals surface area (Å²) in [6.07, 6.45) is 1.89. The predicted octanol–water partition coefficient (Wildman–Crippen LogP) is 3.23. The van der Waals surface area contributed by atoms with E-state index in [0.717, 1.165) is 15.9 Å². The smallest absolute Gasteiger partial charge is 0.193 e. The van der Waals surface area contributed by atoms with Crippen molar-refractivity contribution < 1.29 is 0 Å². The van der Waals surface area contributed by atoms with Gasteiger partial charge in [-0.25, -0.2) is 4.99 Å². The number of aliphatic imine (C=N–C) groups is 1.